The van der Waals surface area contributed by atoms with Gasteiger partial charge in [-0.05, 0) is 81.8 Å². The molecule has 1 spiro atoms. The molecule has 216 valence electrons. The first-order valence-electron chi connectivity index (χ1n) is 13.4. The maximum Gasteiger partial charge on any atom is 0.433 e. The van der Waals surface area contributed by atoms with E-state index in [1.807, 2.05) is 0 Å². The highest BCUT2D eigenvalue weighted by molar-refractivity contribution is 6.40. The van der Waals surface area contributed by atoms with E-state index in [2.05, 4.69) is 5.10 Å². The van der Waals surface area contributed by atoms with E-state index in [-0.39, 0.29) is 53.8 Å². The number of hydrogen-bond acceptors (Lipinski definition) is 4. The van der Waals surface area contributed by atoms with E-state index in [1.165, 1.54) is 17.0 Å². The number of rotatable bonds is 8. The third-order valence-electron chi connectivity index (χ3n) is 8.96. The molecular weight excluding hydrogens is 570 g/mol. The fourth-order valence-electron chi connectivity index (χ4n) is 6.37. The number of ketones is 1. The molecule has 0 radical (unpaired) electrons. The summed E-state index contributed by atoms with van der Waals surface area (Å²) in [7, 11) is 0. The topological polar surface area (TPSA) is 92.5 Å². The molecule has 1 aromatic heterocycles. The molecule has 0 saturated heterocycles. The predicted molar refractivity (Wildman–Crippen MR) is 142 cm³/mol. The molecule has 1 aromatic carbocycles. The number of carboxylic acids is 1. The van der Waals surface area contributed by atoms with Crippen LogP contribution >= 0.6 is 23.2 Å². The van der Waals surface area contributed by atoms with Gasteiger partial charge >= 0.3 is 12.1 Å². The maximum absolute atomic E-state index is 14.5. The highest BCUT2D eigenvalue weighted by Crippen LogP contribution is 2.63. The van der Waals surface area contributed by atoms with E-state index >= 15 is 0 Å². The van der Waals surface area contributed by atoms with E-state index in [9.17, 15) is 32.7 Å². The summed E-state index contributed by atoms with van der Waals surface area (Å²) in [6.45, 7) is 1.24. The first kappa shape index (κ1) is 28.9. The summed E-state index contributed by atoms with van der Waals surface area (Å²) in [5.74, 6) is -2.40. The number of aliphatic carboxylic acids is 1. The zero-order valence-corrected chi connectivity index (χ0v) is 23.5. The van der Waals surface area contributed by atoms with E-state index in [0.29, 0.717) is 5.41 Å². The Morgan fingerprint density at radius 1 is 1.10 bits per heavy atom. The molecule has 3 aliphatic rings. The Balaban J connectivity index is 1.43. The van der Waals surface area contributed by atoms with Gasteiger partial charge in [0.15, 0.2) is 11.5 Å². The van der Waals surface area contributed by atoms with E-state index in [4.69, 9.17) is 23.2 Å². The molecule has 0 bridgehead atoms. The number of carbonyl (C=O) groups excluding carboxylic acids is 2. The van der Waals surface area contributed by atoms with Crippen molar-refractivity contribution in [3.8, 4) is 0 Å². The van der Waals surface area contributed by atoms with Gasteiger partial charge in [-0.1, -0.05) is 29.3 Å². The van der Waals surface area contributed by atoms with Crippen LogP contribution in [0.25, 0.3) is 0 Å². The van der Waals surface area contributed by atoms with Crippen molar-refractivity contribution in [3.05, 3.63) is 51.3 Å². The minimum atomic E-state index is -4.90. The van der Waals surface area contributed by atoms with Crippen molar-refractivity contribution in [2.24, 2.45) is 16.7 Å². The first-order chi connectivity index (χ1) is 18.7. The van der Waals surface area contributed by atoms with Crippen LogP contribution in [0.5, 0.6) is 0 Å². The van der Waals surface area contributed by atoms with Crippen LogP contribution in [-0.2, 0) is 11.0 Å². The van der Waals surface area contributed by atoms with Crippen molar-refractivity contribution in [3.63, 3.8) is 0 Å². The molecule has 7 nitrogen and oxygen atoms in total. The zero-order valence-electron chi connectivity index (χ0n) is 21.9. The van der Waals surface area contributed by atoms with E-state index in [0.717, 1.165) is 36.6 Å². The number of carbonyl (C=O) groups is 3. The number of benzene rings is 1. The lowest BCUT2D eigenvalue weighted by Gasteiger charge is -2.39. The van der Waals surface area contributed by atoms with Gasteiger partial charge in [-0.3, -0.25) is 19.1 Å². The first-order valence-corrected chi connectivity index (χ1v) is 14.1. The lowest BCUT2D eigenvalue weighted by atomic mass is 9.71. The number of Topliss-reactive ketones (excluding diaryl/α,β-unsaturated/α-hetero) is 1. The van der Waals surface area contributed by atoms with Crippen molar-refractivity contribution in [1.82, 2.24) is 14.7 Å². The number of nitrogens with zero attached hydrogens (tertiary/aromatic N) is 3. The molecule has 3 saturated carbocycles. The van der Waals surface area contributed by atoms with Gasteiger partial charge in [0.05, 0.1) is 45.4 Å². The largest absolute Gasteiger partial charge is 0.481 e. The van der Waals surface area contributed by atoms with Crippen molar-refractivity contribution in [2.45, 2.75) is 70.5 Å². The molecule has 1 amide bonds. The van der Waals surface area contributed by atoms with Crippen LogP contribution in [-0.4, -0.2) is 50.5 Å². The zero-order chi connectivity index (χ0) is 29.0. The molecular formula is C28H30Cl2F3N3O4. The summed E-state index contributed by atoms with van der Waals surface area (Å²) < 4.78 is 44.2. The average Bonchev–Trinajstić information content (AvgIpc) is 3.51. The Morgan fingerprint density at radius 3 is 2.23 bits per heavy atom. The molecule has 0 unspecified atom stereocenters. The molecule has 1 N–H and O–H groups in total. The Kier molecular flexibility index (Phi) is 7.48. The van der Waals surface area contributed by atoms with Crippen LogP contribution in [0.2, 0.25) is 10.0 Å². The van der Waals surface area contributed by atoms with Gasteiger partial charge < -0.3 is 10.0 Å². The lowest BCUT2D eigenvalue weighted by molar-refractivity contribution is -0.152. The van der Waals surface area contributed by atoms with E-state index < -0.39 is 53.1 Å². The highest BCUT2D eigenvalue weighted by Gasteiger charge is 2.53. The third-order valence-corrected chi connectivity index (χ3v) is 9.59. The van der Waals surface area contributed by atoms with E-state index in [1.54, 1.807) is 13.0 Å². The number of carboxylic acid groups (broad SMARTS) is 1. The van der Waals surface area contributed by atoms with Crippen LogP contribution < -0.4 is 0 Å². The molecule has 3 fully saturated rings. The summed E-state index contributed by atoms with van der Waals surface area (Å²) in [6.07, 6.45) is 0.715. The summed E-state index contributed by atoms with van der Waals surface area (Å²) in [4.78, 5) is 39.8. The Labute approximate surface area is 239 Å². The van der Waals surface area contributed by atoms with Crippen molar-refractivity contribution >= 4 is 40.9 Å². The summed E-state index contributed by atoms with van der Waals surface area (Å²) in [5.41, 5.74) is -2.51. The molecule has 1 heterocycles. The highest BCUT2D eigenvalue weighted by atomic mass is 35.5. The average molecular weight is 600 g/mol. The minimum Gasteiger partial charge on any atom is -0.481 e. The SMILES string of the molecule is C[C@]1(C(=O)O)CC[C@H](n2ncc(C(=O)N(CC(=O)c3c(Cl)cccc3Cl)CC3CC4(CC4)C3)c2C(F)(F)F)CC1. The number of halogens is 5. The van der Waals surface area contributed by atoms with Gasteiger partial charge in [0.1, 0.15) is 0 Å². The third kappa shape index (κ3) is 5.49. The van der Waals surface area contributed by atoms with Crippen LogP contribution in [0.4, 0.5) is 13.2 Å². The van der Waals surface area contributed by atoms with Crippen molar-refractivity contribution in [1.29, 1.82) is 0 Å². The Bertz CT molecular complexity index is 1320. The van der Waals surface area contributed by atoms with Gasteiger partial charge in [-0.15, -0.1) is 0 Å². The summed E-state index contributed by atoms with van der Waals surface area (Å²) in [5, 5.41) is 13.7. The van der Waals surface area contributed by atoms with Gasteiger partial charge in [0.2, 0.25) is 0 Å². The monoisotopic (exact) mass is 599 g/mol. The van der Waals surface area contributed by atoms with Crippen LogP contribution in [0, 0.1) is 16.7 Å². The van der Waals surface area contributed by atoms with Gasteiger partial charge in [-0.25, -0.2) is 0 Å². The normalized spacial score (nSPS) is 24.0. The molecule has 0 aliphatic heterocycles. The van der Waals surface area contributed by atoms with Crippen LogP contribution in [0.15, 0.2) is 24.4 Å². The Morgan fingerprint density at radius 2 is 1.70 bits per heavy atom. The quantitative estimate of drug-likeness (QED) is 0.332. The van der Waals surface area contributed by atoms with Crippen molar-refractivity contribution < 1.29 is 32.7 Å². The molecule has 40 heavy (non-hydrogen) atoms. The number of alkyl halides is 3. The Hall–Kier alpha value is -2.59. The molecule has 5 rings (SSSR count). The minimum absolute atomic E-state index is 0.0198. The predicted octanol–water partition coefficient (Wildman–Crippen LogP) is 6.93. The number of aromatic nitrogens is 2. The van der Waals surface area contributed by atoms with Gasteiger partial charge in [0.25, 0.3) is 5.91 Å². The summed E-state index contributed by atoms with van der Waals surface area (Å²) in [6, 6.07) is 3.84. The number of amides is 1. The van der Waals surface area contributed by atoms with Gasteiger partial charge in [0, 0.05) is 6.54 Å². The standard InChI is InChI=1S/C28H30Cl2F3N3O4/c1-26(25(39)40)7-5-17(6-8-26)36-23(28(31,32)33)18(13-34-36)24(38)35(14-16-11-27(12-16)9-10-27)15-21(37)22-19(29)3-2-4-20(22)30/h2-4,13,16-17H,5-12,14-15H2,1H3,(H,39,40)/t17-,26-. The maximum atomic E-state index is 14.5. The molecule has 3 aliphatic carbocycles. The fourth-order valence-corrected chi connectivity index (χ4v) is 6.98. The summed E-state index contributed by atoms with van der Waals surface area (Å²) >= 11 is 12.4. The molecule has 12 heteroatoms. The second-order valence-corrected chi connectivity index (χ2v) is 12.7. The molecule has 0 atom stereocenters. The van der Waals surface area contributed by atoms with Crippen molar-refractivity contribution in [2.75, 3.05) is 13.1 Å². The van der Waals surface area contributed by atoms with Crippen LogP contribution in [0.1, 0.15) is 90.7 Å². The van der Waals surface area contributed by atoms with Gasteiger partial charge in [-0.2, -0.15) is 18.3 Å². The smallest absolute Gasteiger partial charge is 0.433 e. The lowest BCUT2D eigenvalue weighted by Crippen LogP contribution is -2.43. The number of hydrogen-bond donors (Lipinski definition) is 1. The second-order valence-electron chi connectivity index (χ2n) is 11.9. The van der Waals surface area contributed by atoms with Crippen LogP contribution in [0.3, 0.4) is 0 Å². The fraction of sp³-hybridized carbons (Fsp3) is 0.571. The second kappa shape index (κ2) is 10.4. The molecule has 2 aromatic rings.